The van der Waals surface area contributed by atoms with Crippen molar-refractivity contribution >= 4 is 59.1 Å². The van der Waals surface area contributed by atoms with Gasteiger partial charge in [-0.2, -0.15) is 4.31 Å². The van der Waals surface area contributed by atoms with Crippen LogP contribution in [0.15, 0.2) is 56.3 Å². The van der Waals surface area contributed by atoms with Crippen molar-refractivity contribution in [1.29, 1.82) is 0 Å². The molecule has 4 rings (SSSR count). The van der Waals surface area contributed by atoms with Gasteiger partial charge in [0, 0.05) is 33.2 Å². The van der Waals surface area contributed by atoms with Gasteiger partial charge in [-0.3, -0.25) is 4.79 Å². The summed E-state index contributed by atoms with van der Waals surface area (Å²) in [5, 5.41) is 3.90. The molecular formula is C25H27Br2N3O3S2. The van der Waals surface area contributed by atoms with Gasteiger partial charge in [0.25, 0.3) is 5.91 Å². The number of nitrogens with zero attached hydrogens (tertiary/aromatic N) is 2. The number of hydrogen-bond acceptors (Lipinski definition) is 5. The third kappa shape index (κ3) is 5.88. The summed E-state index contributed by atoms with van der Waals surface area (Å²) in [5.74, 6) is 0.190. The predicted octanol–water partition coefficient (Wildman–Crippen LogP) is 6.56. The highest BCUT2D eigenvalue weighted by Gasteiger charge is 2.30. The van der Waals surface area contributed by atoms with E-state index < -0.39 is 10.0 Å². The van der Waals surface area contributed by atoms with E-state index in [-0.39, 0.29) is 16.8 Å². The number of rotatable bonds is 6. The Morgan fingerprint density at radius 3 is 2.46 bits per heavy atom. The van der Waals surface area contributed by atoms with Crippen molar-refractivity contribution in [3.8, 4) is 10.6 Å². The molecule has 0 radical (unpaired) electrons. The van der Waals surface area contributed by atoms with Gasteiger partial charge in [-0.25, -0.2) is 13.4 Å². The number of sulfonamides is 1. The Morgan fingerprint density at radius 1 is 1.14 bits per heavy atom. The number of carbonyl (C=O) groups is 1. The number of piperidine rings is 1. The Balaban J connectivity index is 1.53. The number of amides is 1. The average Bonchev–Trinajstić information content (AvgIpc) is 3.21. The van der Waals surface area contributed by atoms with Crippen LogP contribution in [0, 0.1) is 12.8 Å². The highest BCUT2D eigenvalue weighted by molar-refractivity contribution is 9.10. The van der Waals surface area contributed by atoms with E-state index in [1.54, 1.807) is 23.5 Å². The zero-order valence-corrected chi connectivity index (χ0v) is 24.5. The topological polar surface area (TPSA) is 79.4 Å². The van der Waals surface area contributed by atoms with Crippen molar-refractivity contribution in [3.05, 3.63) is 67.5 Å². The van der Waals surface area contributed by atoms with Crippen molar-refractivity contribution < 1.29 is 13.2 Å². The Hall–Kier alpha value is -1.59. The standard InChI is InChI=1S/C25H27Br2N3O3S2/c1-15-10-12-30(13-11-15)35(32,33)22-14-19(6-9-21(22)27)24(31)28-16(2)23-17(3)29-25(34-23)18-4-7-20(26)8-5-18/h4-9,14-16H,10-13H2,1-3H3,(H,28,31). The van der Waals surface area contributed by atoms with Crippen LogP contribution < -0.4 is 5.32 Å². The summed E-state index contributed by atoms with van der Waals surface area (Å²) in [6.45, 7) is 6.97. The molecule has 1 aliphatic heterocycles. The van der Waals surface area contributed by atoms with Crippen LogP contribution in [0.2, 0.25) is 0 Å². The van der Waals surface area contributed by atoms with Crippen LogP contribution in [0.3, 0.4) is 0 Å². The Kier molecular flexibility index (Phi) is 8.17. The minimum absolute atomic E-state index is 0.124. The molecule has 2 aromatic carbocycles. The van der Waals surface area contributed by atoms with Gasteiger partial charge in [-0.05, 0) is 78.9 Å². The number of thiazole rings is 1. The van der Waals surface area contributed by atoms with E-state index >= 15 is 0 Å². The monoisotopic (exact) mass is 639 g/mol. The summed E-state index contributed by atoms with van der Waals surface area (Å²) in [6.07, 6.45) is 1.68. The lowest BCUT2D eigenvalue weighted by atomic mass is 10.0. The molecule has 1 aromatic heterocycles. The third-order valence-corrected chi connectivity index (χ3v) is 11.0. The summed E-state index contributed by atoms with van der Waals surface area (Å²) >= 11 is 8.36. The first-order valence-electron chi connectivity index (χ1n) is 11.4. The molecule has 1 saturated heterocycles. The van der Waals surface area contributed by atoms with Gasteiger partial charge in [0.2, 0.25) is 10.0 Å². The SMILES string of the molecule is Cc1nc(-c2ccc(Br)cc2)sc1C(C)NC(=O)c1ccc(Br)c(S(=O)(=O)N2CCC(C)CC2)c1. The number of halogens is 2. The summed E-state index contributed by atoms with van der Waals surface area (Å²) in [7, 11) is -3.69. The van der Waals surface area contributed by atoms with Crippen LogP contribution in [0.25, 0.3) is 10.6 Å². The smallest absolute Gasteiger partial charge is 0.251 e. The molecule has 1 fully saturated rings. The molecule has 35 heavy (non-hydrogen) atoms. The Labute approximate surface area is 227 Å². The lowest BCUT2D eigenvalue weighted by molar-refractivity contribution is 0.0940. The zero-order chi connectivity index (χ0) is 25.3. The van der Waals surface area contributed by atoms with Crippen molar-refractivity contribution in [2.75, 3.05) is 13.1 Å². The van der Waals surface area contributed by atoms with Crippen molar-refractivity contribution in [1.82, 2.24) is 14.6 Å². The highest BCUT2D eigenvalue weighted by Crippen LogP contribution is 2.33. The van der Waals surface area contributed by atoms with E-state index in [4.69, 9.17) is 0 Å². The molecule has 1 unspecified atom stereocenters. The molecular weight excluding hydrogens is 614 g/mol. The molecule has 1 atom stereocenters. The molecule has 0 saturated carbocycles. The first-order chi connectivity index (χ1) is 16.6. The number of aryl methyl sites for hydroxylation is 1. The van der Waals surface area contributed by atoms with Crippen LogP contribution in [0.4, 0.5) is 0 Å². The molecule has 186 valence electrons. The number of carbonyl (C=O) groups excluding carboxylic acids is 1. The van der Waals surface area contributed by atoms with E-state index in [1.165, 1.54) is 10.4 Å². The van der Waals surface area contributed by atoms with Crippen molar-refractivity contribution in [3.63, 3.8) is 0 Å². The second-order valence-corrected chi connectivity index (χ2v) is 13.6. The van der Waals surface area contributed by atoms with E-state index in [0.717, 1.165) is 38.5 Å². The first-order valence-corrected chi connectivity index (χ1v) is 15.2. The van der Waals surface area contributed by atoms with Crippen molar-refractivity contribution in [2.24, 2.45) is 5.92 Å². The lowest BCUT2D eigenvalue weighted by Gasteiger charge is -2.29. The summed E-state index contributed by atoms with van der Waals surface area (Å²) in [4.78, 5) is 18.9. The number of aromatic nitrogens is 1. The van der Waals surface area contributed by atoms with Gasteiger partial charge in [0.1, 0.15) is 5.01 Å². The van der Waals surface area contributed by atoms with Gasteiger partial charge < -0.3 is 5.32 Å². The van der Waals surface area contributed by atoms with E-state index in [9.17, 15) is 13.2 Å². The van der Waals surface area contributed by atoms with Gasteiger partial charge in [0.15, 0.2) is 0 Å². The molecule has 3 aromatic rings. The Morgan fingerprint density at radius 2 is 1.80 bits per heavy atom. The second kappa shape index (κ2) is 10.8. The largest absolute Gasteiger partial charge is 0.345 e. The summed E-state index contributed by atoms with van der Waals surface area (Å²) in [6, 6.07) is 12.4. The average molecular weight is 641 g/mol. The first kappa shape index (κ1) is 26.5. The normalized spacial score (nSPS) is 16.3. The Bertz CT molecular complexity index is 1330. The lowest BCUT2D eigenvalue weighted by Crippen LogP contribution is -2.38. The predicted molar refractivity (Wildman–Crippen MR) is 147 cm³/mol. The number of hydrogen-bond donors (Lipinski definition) is 1. The van der Waals surface area contributed by atoms with Crippen LogP contribution in [-0.4, -0.2) is 36.7 Å². The molecule has 1 N–H and O–H groups in total. The van der Waals surface area contributed by atoms with E-state index in [0.29, 0.717) is 29.0 Å². The van der Waals surface area contributed by atoms with Crippen LogP contribution in [0.5, 0.6) is 0 Å². The van der Waals surface area contributed by atoms with Crippen molar-refractivity contribution in [2.45, 2.75) is 44.6 Å². The minimum atomic E-state index is -3.69. The van der Waals surface area contributed by atoms with Crippen LogP contribution in [-0.2, 0) is 10.0 Å². The number of benzene rings is 2. The van der Waals surface area contributed by atoms with Gasteiger partial charge >= 0.3 is 0 Å². The third-order valence-electron chi connectivity index (χ3n) is 6.22. The molecule has 1 aliphatic rings. The zero-order valence-electron chi connectivity index (χ0n) is 19.7. The van der Waals surface area contributed by atoms with Gasteiger partial charge in [-0.15, -0.1) is 11.3 Å². The fraction of sp³-hybridized carbons (Fsp3) is 0.360. The summed E-state index contributed by atoms with van der Waals surface area (Å²) in [5.41, 5.74) is 2.18. The highest BCUT2D eigenvalue weighted by atomic mass is 79.9. The van der Waals surface area contributed by atoms with Crippen LogP contribution in [0.1, 0.15) is 53.7 Å². The molecule has 0 bridgehead atoms. The van der Waals surface area contributed by atoms with Crippen LogP contribution >= 0.6 is 43.2 Å². The molecule has 2 heterocycles. The minimum Gasteiger partial charge on any atom is -0.345 e. The fourth-order valence-corrected chi connectivity index (χ4v) is 7.84. The molecule has 0 spiro atoms. The maximum absolute atomic E-state index is 13.3. The van der Waals surface area contributed by atoms with Gasteiger partial charge in [0.05, 0.1) is 21.5 Å². The van der Waals surface area contributed by atoms with E-state index in [1.807, 2.05) is 38.1 Å². The second-order valence-electron chi connectivity index (χ2n) is 8.90. The quantitative estimate of drug-likeness (QED) is 0.331. The van der Waals surface area contributed by atoms with Gasteiger partial charge in [-0.1, -0.05) is 35.0 Å². The summed E-state index contributed by atoms with van der Waals surface area (Å²) < 4.78 is 29.6. The maximum Gasteiger partial charge on any atom is 0.251 e. The molecule has 0 aliphatic carbocycles. The maximum atomic E-state index is 13.3. The van der Waals surface area contributed by atoms with E-state index in [2.05, 4.69) is 49.1 Å². The molecule has 10 heteroatoms. The molecule has 1 amide bonds. The fourth-order valence-electron chi connectivity index (χ4n) is 4.08. The number of nitrogens with one attached hydrogen (secondary N) is 1. The molecule has 6 nitrogen and oxygen atoms in total.